The second kappa shape index (κ2) is 6.35. The molecule has 0 aromatic heterocycles. The molecule has 3 rings (SSSR count). The maximum Gasteiger partial charge on any atom is 0.401 e. The first-order valence-corrected chi connectivity index (χ1v) is 8.16. The molecule has 2 fully saturated rings. The highest BCUT2D eigenvalue weighted by molar-refractivity contribution is 5.98. The third kappa shape index (κ3) is 3.55. The van der Waals surface area contributed by atoms with Crippen molar-refractivity contribution in [3.63, 3.8) is 0 Å². The fourth-order valence-electron chi connectivity index (χ4n) is 3.93. The largest absolute Gasteiger partial charge is 0.401 e. The molecule has 1 spiro atoms. The smallest absolute Gasteiger partial charge is 0.312 e. The molecule has 1 atom stereocenters. The molecule has 1 amide bonds. The van der Waals surface area contributed by atoms with Gasteiger partial charge >= 0.3 is 6.18 Å². The zero-order valence-corrected chi connectivity index (χ0v) is 13.3. The molecule has 1 aromatic rings. The first kappa shape index (κ1) is 17.2. The summed E-state index contributed by atoms with van der Waals surface area (Å²) in [6.07, 6.45) is -1.72. The summed E-state index contributed by atoms with van der Waals surface area (Å²) in [6, 6.07) is 5.67. The Labute approximate surface area is 138 Å². The number of alkyl halides is 3. The average molecular weight is 344 g/mol. The number of likely N-dealkylation sites (tertiary alicyclic amines) is 1. The van der Waals surface area contributed by atoms with E-state index in [4.69, 9.17) is 0 Å². The average Bonchev–Trinajstić information content (AvgIpc) is 2.50. The molecule has 0 saturated carbocycles. The Morgan fingerprint density at radius 1 is 1.04 bits per heavy atom. The highest BCUT2D eigenvalue weighted by atomic mass is 19.4. The van der Waals surface area contributed by atoms with Crippen LogP contribution in [0.15, 0.2) is 24.3 Å². The van der Waals surface area contributed by atoms with E-state index in [-0.39, 0.29) is 18.3 Å². The molecular formula is C17H20F4N2O. The molecule has 24 heavy (non-hydrogen) atoms. The van der Waals surface area contributed by atoms with Gasteiger partial charge in [-0.15, -0.1) is 0 Å². The Bertz CT molecular complexity index is 598. The molecule has 1 aromatic carbocycles. The van der Waals surface area contributed by atoms with Crippen molar-refractivity contribution in [2.24, 2.45) is 5.41 Å². The Hall–Kier alpha value is -1.63. The topological polar surface area (TPSA) is 23.6 Å². The number of piperidine rings is 2. The Balaban J connectivity index is 1.79. The van der Waals surface area contributed by atoms with E-state index in [1.54, 1.807) is 17.0 Å². The Kier molecular flexibility index (Phi) is 4.55. The van der Waals surface area contributed by atoms with E-state index in [9.17, 15) is 22.4 Å². The van der Waals surface area contributed by atoms with Crippen LogP contribution in [0.2, 0.25) is 0 Å². The number of rotatable bonds is 2. The second-order valence-electron chi connectivity index (χ2n) is 6.75. The van der Waals surface area contributed by atoms with Gasteiger partial charge < -0.3 is 4.90 Å². The molecule has 0 aliphatic carbocycles. The first-order valence-electron chi connectivity index (χ1n) is 8.16. The van der Waals surface area contributed by atoms with Crippen LogP contribution in [0.25, 0.3) is 0 Å². The Morgan fingerprint density at radius 2 is 1.67 bits per heavy atom. The predicted octanol–water partition coefficient (Wildman–Crippen LogP) is 3.60. The fraction of sp³-hybridized carbons (Fsp3) is 0.588. The molecule has 2 aliphatic rings. The van der Waals surface area contributed by atoms with Crippen LogP contribution in [0.3, 0.4) is 0 Å². The van der Waals surface area contributed by atoms with Gasteiger partial charge in [-0.25, -0.2) is 4.39 Å². The van der Waals surface area contributed by atoms with E-state index in [0.717, 1.165) is 6.42 Å². The van der Waals surface area contributed by atoms with Crippen molar-refractivity contribution in [1.82, 2.24) is 4.90 Å². The van der Waals surface area contributed by atoms with E-state index >= 15 is 0 Å². The first-order chi connectivity index (χ1) is 11.3. The third-order valence-electron chi connectivity index (χ3n) is 4.93. The van der Waals surface area contributed by atoms with Crippen LogP contribution >= 0.6 is 0 Å². The fourth-order valence-corrected chi connectivity index (χ4v) is 3.93. The Morgan fingerprint density at radius 3 is 2.29 bits per heavy atom. The van der Waals surface area contributed by atoms with Gasteiger partial charge in [0, 0.05) is 18.8 Å². The molecule has 0 radical (unpaired) electrons. The molecular weight excluding hydrogens is 324 g/mol. The summed E-state index contributed by atoms with van der Waals surface area (Å²) >= 11 is 0. The van der Waals surface area contributed by atoms with E-state index in [1.165, 1.54) is 17.0 Å². The minimum Gasteiger partial charge on any atom is -0.312 e. The van der Waals surface area contributed by atoms with Gasteiger partial charge in [-0.3, -0.25) is 9.69 Å². The number of hydrogen-bond acceptors (Lipinski definition) is 2. The molecule has 2 aliphatic heterocycles. The van der Waals surface area contributed by atoms with Gasteiger partial charge in [0.25, 0.3) is 0 Å². The van der Waals surface area contributed by atoms with Crippen molar-refractivity contribution in [2.45, 2.75) is 31.9 Å². The van der Waals surface area contributed by atoms with Crippen LogP contribution in [-0.4, -0.2) is 43.2 Å². The summed E-state index contributed by atoms with van der Waals surface area (Å²) in [5.41, 5.74) is -0.149. The monoisotopic (exact) mass is 344 g/mol. The number of hydrogen-bond donors (Lipinski definition) is 0. The van der Waals surface area contributed by atoms with E-state index < -0.39 is 18.1 Å². The number of anilines is 1. The number of carbonyl (C=O) groups is 1. The van der Waals surface area contributed by atoms with Crippen molar-refractivity contribution in [1.29, 1.82) is 0 Å². The maximum atomic E-state index is 13.1. The van der Waals surface area contributed by atoms with Gasteiger partial charge in [-0.2, -0.15) is 13.2 Å². The quantitative estimate of drug-likeness (QED) is 0.766. The lowest BCUT2D eigenvalue weighted by molar-refractivity contribution is -0.158. The van der Waals surface area contributed by atoms with Crippen molar-refractivity contribution < 1.29 is 22.4 Å². The maximum absolute atomic E-state index is 13.1. The van der Waals surface area contributed by atoms with Gasteiger partial charge in [0.2, 0.25) is 5.91 Å². The lowest BCUT2D eigenvalue weighted by Gasteiger charge is -2.47. The van der Waals surface area contributed by atoms with Crippen LogP contribution in [0.4, 0.5) is 23.2 Å². The van der Waals surface area contributed by atoms with Crippen LogP contribution in [-0.2, 0) is 4.79 Å². The molecule has 1 unspecified atom stereocenters. The number of amides is 1. The van der Waals surface area contributed by atoms with Crippen LogP contribution in [0.5, 0.6) is 0 Å². The summed E-state index contributed by atoms with van der Waals surface area (Å²) in [7, 11) is 0. The van der Waals surface area contributed by atoms with E-state index in [1.807, 2.05) is 0 Å². The lowest BCUT2D eigenvalue weighted by atomic mass is 9.73. The predicted molar refractivity (Wildman–Crippen MR) is 82.1 cm³/mol. The lowest BCUT2D eigenvalue weighted by Crippen LogP contribution is -2.57. The van der Waals surface area contributed by atoms with Crippen molar-refractivity contribution >= 4 is 11.6 Å². The van der Waals surface area contributed by atoms with Crippen molar-refractivity contribution in [3.05, 3.63) is 30.1 Å². The molecule has 132 valence electrons. The van der Waals surface area contributed by atoms with E-state index in [2.05, 4.69) is 0 Å². The molecule has 7 heteroatoms. The summed E-state index contributed by atoms with van der Waals surface area (Å²) in [5, 5.41) is 0. The number of halogens is 4. The molecule has 2 heterocycles. The van der Waals surface area contributed by atoms with Gasteiger partial charge in [0.15, 0.2) is 0 Å². The minimum absolute atomic E-state index is 0.132. The normalized spacial score (nSPS) is 26.2. The number of carbonyl (C=O) groups excluding carboxylic acids is 1. The summed E-state index contributed by atoms with van der Waals surface area (Å²) in [4.78, 5) is 16.0. The van der Waals surface area contributed by atoms with Crippen LogP contribution in [0.1, 0.15) is 25.7 Å². The highest BCUT2D eigenvalue weighted by Gasteiger charge is 2.48. The van der Waals surface area contributed by atoms with Crippen LogP contribution in [0, 0.1) is 11.2 Å². The van der Waals surface area contributed by atoms with Gasteiger partial charge in [-0.05, 0) is 56.5 Å². The van der Waals surface area contributed by atoms with E-state index in [0.29, 0.717) is 38.0 Å². The van der Waals surface area contributed by atoms with Gasteiger partial charge in [0.1, 0.15) is 5.82 Å². The summed E-state index contributed by atoms with van der Waals surface area (Å²) < 4.78 is 51.2. The minimum atomic E-state index is -4.26. The van der Waals surface area contributed by atoms with Crippen molar-refractivity contribution in [3.8, 4) is 0 Å². The zero-order chi connectivity index (χ0) is 17.4. The molecule has 3 nitrogen and oxygen atoms in total. The van der Waals surface area contributed by atoms with Crippen molar-refractivity contribution in [2.75, 3.05) is 31.1 Å². The van der Waals surface area contributed by atoms with Crippen LogP contribution < -0.4 is 4.90 Å². The molecule has 0 bridgehead atoms. The number of nitrogens with zero attached hydrogens (tertiary/aromatic N) is 2. The van der Waals surface area contributed by atoms with Gasteiger partial charge in [-0.1, -0.05) is 0 Å². The number of benzene rings is 1. The highest BCUT2D eigenvalue weighted by Crippen LogP contribution is 2.41. The zero-order valence-electron chi connectivity index (χ0n) is 13.3. The summed E-state index contributed by atoms with van der Waals surface area (Å²) in [5.74, 6) is -0.515. The summed E-state index contributed by atoms with van der Waals surface area (Å²) in [6.45, 7) is 0.0538. The molecule has 0 N–H and O–H groups in total. The standard InChI is InChI=1S/C17H20F4N2O/c18-13-3-5-14(6-4-13)23-10-2-8-16(15(23)24)7-1-9-22(11-16)12-17(19,20)21/h3-6H,1-2,7-12H2. The second-order valence-corrected chi connectivity index (χ2v) is 6.75. The SMILES string of the molecule is O=C1N(c2ccc(F)cc2)CCCC12CCCN(CC(F)(F)F)C2. The van der Waals surface area contributed by atoms with Gasteiger partial charge in [0.05, 0.1) is 12.0 Å². The molecule has 2 saturated heterocycles. The third-order valence-corrected chi connectivity index (χ3v) is 4.93.